The lowest BCUT2D eigenvalue weighted by Crippen LogP contribution is -2.36. The molecule has 0 spiro atoms. The van der Waals surface area contributed by atoms with Gasteiger partial charge in [0.1, 0.15) is 11.6 Å². The van der Waals surface area contributed by atoms with E-state index in [-0.39, 0.29) is 12.5 Å². The van der Waals surface area contributed by atoms with E-state index < -0.39 is 0 Å². The second-order valence-electron chi connectivity index (χ2n) is 5.22. The molecular formula is C16H22N4O3S. The van der Waals surface area contributed by atoms with Crippen molar-refractivity contribution in [1.82, 2.24) is 14.7 Å². The van der Waals surface area contributed by atoms with Crippen molar-refractivity contribution in [1.29, 1.82) is 0 Å². The van der Waals surface area contributed by atoms with Crippen LogP contribution in [0.15, 0.2) is 24.3 Å². The van der Waals surface area contributed by atoms with Gasteiger partial charge in [0, 0.05) is 38.7 Å². The number of hydrogen-bond donors (Lipinski definition) is 1. The Hall–Kier alpha value is -2.19. The van der Waals surface area contributed by atoms with Crippen molar-refractivity contribution < 1.29 is 14.3 Å². The van der Waals surface area contributed by atoms with Gasteiger partial charge in [-0.3, -0.25) is 4.79 Å². The standard InChI is InChI=1S/C16H22N4O3S/c1-20(11-15(21)17-7-8-22-2)16-18-14(19-24-16)10-12-5-4-6-13(9-12)23-3/h4-6,9H,7-8,10-11H2,1-3H3,(H,17,21). The minimum absolute atomic E-state index is 0.0703. The van der Waals surface area contributed by atoms with Crippen molar-refractivity contribution in [3.05, 3.63) is 35.7 Å². The minimum Gasteiger partial charge on any atom is -0.497 e. The normalized spacial score (nSPS) is 10.5. The molecule has 7 nitrogen and oxygen atoms in total. The molecule has 2 aromatic rings. The molecular weight excluding hydrogens is 328 g/mol. The number of amides is 1. The van der Waals surface area contributed by atoms with Crippen LogP contribution in [-0.4, -0.2) is 56.2 Å². The van der Waals surface area contributed by atoms with Crippen molar-refractivity contribution in [2.24, 2.45) is 0 Å². The molecule has 1 N–H and O–H groups in total. The SMILES string of the molecule is COCCNC(=O)CN(C)c1nc(Cc2cccc(OC)c2)ns1. The van der Waals surface area contributed by atoms with E-state index in [2.05, 4.69) is 14.7 Å². The summed E-state index contributed by atoms with van der Waals surface area (Å²) in [6, 6.07) is 7.82. The van der Waals surface area contributed by atoms with E-state index in [1.54, 1.807) is 19.1 Å². The van der Waals surface area contributed by atoms with Gasteiger partial charge in [-0.2, -0.15) is 4.37 Å². The molecule has 0 aliphatic rings. The topological polar surface area (TPSA) is 76.6 Å². The highest BCUT2D eigenvalue weighted by Crippen LogP contribution is 2.19. The Labute approximate surface area is 145 Å². The summed E-state index contributed by atoms with van der Waals surface area (Å²) in [5.41, 5.74) is 1.08. The lowest BCUT2D eigenvalue weighted by atomic mass is 10.1. The first-order valence-electron chi connectivity index (χ1n) is 7.54. The Kier molecular flexibility index (Phi) is 6.95. The number of methoxy groups -OCH3 is 2. The van der Waals surface area contributed by atoms with Gasteiger partial charge < -0.3 is 19.7 Å². The van der Waals surface area contributed by atoms with E-state index in [0.717, 1.165) is 22.3 Å². The van der Waals surface area contributed by atoms with E-state index in [1.165, 1.54) is 11.5 Å². The number of rotatable bonds is 9. The van der Waals surface area contributed by atoms with Gasteiger partial charge in [-0.05, 0) is 17.7 Å². The van der Waals surface area contributed by atoms with Crippen LogP contribution in [0.2, 0.25) is 0 Å². The number of aromatic nitrogens is 2. The number of benzene rings is 1. The summed E-state index contributed by atoms with van der Waals surface area (Å²) in [5.74, 6) is 1.47. The molecule has 0 saturated carbocycles. The number of nitrogens with zero attached hydrogens (tertiary/aromatic N) is 3. The molecule has 1 aromatic carbocycles. The second kappa shape index (κ2) is 9.19. The van der Waals surface area contributed by atoms with Crippen LogP contribution in [0.5, 0.6) is 5.75 Å². The molecule has 1 amide bonds. The average molecular weight is 350 g/mol. The number of ether oxygens (including phenoxy) is 2. The Balaban J connectivity index is 1.90. The summed E-state index contributed by atoms with van der Waals surface area (Å²) >= 11 is 1.29. The highest BCUT2D eigenvalue weighted by molar-refractivity contribution is 7.09. The molecule has 0 atom stereocenters. The predicted octanol–water partition coefficient (Wildman–Crippen LogP) is 1.34. The Morgan fingerprint density at radius 2 is 2.21 bits per heavy atom. The van der Waals surface area contributed by atoms with E-state index in [1.807, 2.05) is 31.3 Å². The van der Waals surface area contributed by atoms with Crippen LogP contribution in [0.1, 0.15) is 11.4 Å². The molecule has 0 aliphatic heterocycles. The van der Waals surface area contributed by atoms with Gasteiger partial charge >= 0.3 is 0 Å². The molecule has 24 heavy (non-hydrogen) atoms. The lowest BCUT2D eigenvalue weighted by molar-refractivity contribution is -0.119. The van der Waals surface area contributed by atoms with Crippen LogP contribution in [0.3, 0.4) is 0 Å². The molecule has 0 aliphatic carbocycles. The largest absolute Gasteiger partial charge is 0.497 e. The highest BCUT2D eigenvalue weighted by Gasteiger charge is 2.12. The number of hydrogen-bond acceptors (Lipinski definition) is 7. The first-order chi connectivity index (χ1) is 11.6. The second-order valence-corrected chi connectivity index (χ2v) is 5.95. The van der Waals surface area contributed by atoms with Gasteiger partial charge in [-0.15, -0.1) is 0 Å². The summed E-state index contributed by atoms with van der Waals surface area (Å²) in [5, 5.41) is 3.50. The third-order valence-corrected chi connectivity index (χ3v) is 4.16. The van der Waals surface area contributed by atoms with Gasteiger partial charge in [0.05, 0.1) is 20.3 Å². The maximum atomic E-state index is 11.8. The fourth-order valence-electron chi connectivity index (χ4n) is 2.07. The van der Waals surface area contributed by atoms with Crippen LogP contribution in [0.4, 0.5) is 5.13 Å². The zero-order chi connectivity index (χ0) is 17.4. The molecule has 1 aromatic heterocycles. The monoisotopic (exact) mass is 350 g/mol. The number of carbonyl (C=O) groups excluding carboxylic acids is 1. The summed E-state index contributed by atoms with van der Waals surface area (Å²) in [6.07, 6.45) is 0.627. The summed E-state index contributed by atoms with van der Waals surface area (Å²) in [6.45, 7) is 1.23. The fourth-order valence-corrected chi connectivity index (χ4v) is 2.71. The van der Waals surface area contributed by atoms with Crippen molar-refractivity contribution >= 4 is 22.6 Å². The van der Waals surface area contributed by atoms with Crippen LogP contribution in [0.25, 0.3) is 0 Å². The van der Waals surface area contributed by atoms with Gasteiger partial charge in [0.2, 0.25) is 11.0 Å². The van der Waals surface area contributed by atoms with Gasteiger partial charge in [0.15, 0.2) is 0 Å². The van der Waals surface area contributed by atoms with Crippen molar-refractivity contribution in [3.63, 3.8) is 0 Å². The van der Waals surface area contributed by atoms with Crippen LogP contribution >= 0.6 is 11.5 Å². The molecule has 0 fully saturated rings. The lowest BCUT2D eigenvalue weighted by Gasteiger charge is -2.14. The van der Waals surface area contributed by atoms with E-state index in [4.69, 9.17) is 9.47 Å². The summed E-state index contributed by atoms with van der Waals surface area (Å²) < 4.78 is 14.5. The molecule has 0 unspecified atom stereocenters. The van der Waals surface area contributed by atoms with Crippen molar-refractivity contribution in [2.45, 2.75) is 6.42 Å². The first-order valence-corrected chi connectivity index (χ1v) is 8.32. The van der Waals surface area contributed by atoms with E-state index in [0.29, 0.717) is 19.6 Å². The summed E-state index contributed by atoms with van der Waals surface area (Å²) in [4.78, 5) is 18.1. The number of nitrogens with one attached hydrogen (secondary N) is 1. The van der Waals surface area contributed by atoms with Crippen LogP contribution < -0.4 is 15.0 Å². The first kappa shape index (κ1) is 18.2. The quantitative estimate of drug-likeness (QED) is 0.688. The van der Waals surface area contributed by atoms with Crippen LogP contribution in [-0.2, 0) is 16.0 Å². The smallest absolute Gasteiger partial charge is 0.239 e. The minimum atomic E-state index is -0.0703. The third kappa shape index (κ3) is 5.47. The Morgan fingerprint density at radius 3 is 2.96 bits per heavy atom. The molecule has 2 rings (SSSR count). The maximum Gasteiger partial charge on any atom is 0.239 e. The summed E-state index contributed by atoms with van der Waals surface area (Å²) in [7, 11) is 5.07. The number of likely N-dealkylation sites (N-methyl/N-ethyl adjacent to an activating group) is 1. The maximum absolute atomic E-state index is 11.8. The van der Waals surface area contributed by atoms with Crippen molar-refractivity contribution in [2.75, 3.05) is 45.9 Å². The third-order valence-electron chi connectivity index (χ3n) is 3.29. The average Bonchev–Trinajstić information content (AvgIpc) is 3.04. The van der Waals surface area contributed by atoms with E-state index in [9.17, 15) is 4.79 Å². The van der Waals surface area contributed by atoms with Crippen LogP contribution in [0, 0.1) is 0 Å². The number of anilines is 1. The number of carbonyl (C=O) groups is 1. The zero-order valence-electron chi connectivity index (χ0n) is 14.1. The van der Waals surface area contributed by atoms with E-state index >= 15 is 0 Å². The molecule has 0 radical (unpaired) electrons. The predicted molar refractivity (Wildman–Crippen MR) is 93.9 cm³/mol. The molecule has 1 heterocycles. The highest BCUT2D eigenvalue weighted by atomic mass is 32.1. The molecule has 0 bridgehead atoms. The molecule has 0 saturated heterocycles. The van der Waals surface area contributed by atoms with Crippen molar-refractivity contribution in [3.8, 4) is 5.75 Å². The van der Waals surface area contributed by atoms with Gasteiger partial charge in [-0.1, -0.05) is 12.1 Å². The Bertz CT molecular complexity index is 662. The zero-order valence-corrected chi connectivity index (χ0v) is 14.9. The van der Waals surface area contributed by atoms with Gasteiger partial charge in [0.25, 0.3) is 0 Å². The Morgan fingerprint density at radius 1 is 1.38 bits per heavy atom. The molecule has 8 heteroatoms. The fraction of sp³-hybridized carbons (Fsp3) is 0.438. The molecule has 130 valence electrons. The van der Waals surface area contributed by atoms with Gasteiger partial charge in [-0.25, -0.2) is 4.98 Å².